The van der Waals surface area contributed by atoms with E-state index in [-0.39, 0.29) is 11.3 Å². The fourth-order valence-electron chi connectivity index (χ4n) is 4.02. The molecule has 5 nitrogen and oxygen atoms in total. The second-order valence-corrected chi connectivity index (χ2v) is 6.89. The van der Waals surface area contributed by atoms with Crippen LogP contribution >= 0.6 is 0 Å². The first kappa shape index (κ1) is 16.3. The number of nitrogens with zero attached hydrogens (tertiary/aromatic N) is 3. The molecular weight excluding hydrogens is 297 g/mol. The molecule has 0 aliphatic carbocycles. The Kier molecular flexibility index (Phi) is 4.64. The fraction of sp³-hybridized carbons (Fsp3) is 0.647. The number of likely N-dealkylation sites (N-methyl/N-ethyl adjacent to an activating group) is 1. The van der Waals surface area contributed by atoms with Gasteiger partial charge in [-0.2, -0.15) is 4.39 Å². The maximum atomic E-state index is 13.2. The van der Waals surface area contributed by atoms with Gasteiger partial charge in [0.05, 0.1) is 6.61 Å². The van der Waals surface area contributed by atoms with Gasteiger partial charge in [-0.1, -0.05) is 0 Å². The van der Waals surface area contributed by atoms with Gasteiger partial charge in [-0.3, -0.25) is 4.79 Å². The zero-order valence-electron chi connectivity index (χ0n) is 13.8. The third kappa shape index (κ3) is 3.38. The number of carbonyl (C=O) groups is 1. The molecule has 0 N–H and O–H groups in total. The molecule has 0 bridgehead atoms. The Morgan fingerprint density at radius 3 is 2.87 bits per heavy atom. The molecule has 1 aromatic heterocycles. The quantitative estimate of drug-likeness (QED) is 0.797. The standard InChI is InChI=1S/C17H24FN3O2/c1-20-12-17(10-14(20)11-23-2)4-7-21(8-5-17)16(22)13-3-6-19-15(18)9-13/h3,6,9,14H,4-5,7-8,10-12H2,1-2H3/t14-/m0/s1. The van der Waals surface area contributed by atoms with Gasteiger partial charge >= 0.3 is 0 Å². The van der Waals surface area contributed by atoms with Crippen LogP contribution in [-0.2, 0) is 4.74 Å². The molecule has 0 aromatic carbocycles. The number of carbonyl (C=O) groups excluding carboxylic acids is 1. The molecule has 0 unspecified atom stereocenters. The summed E-state index contributed by atoms with van der Waals surface area (Å²) in [5, 5.41) is 0. The highest BCUT2D eigenvalue weighted by Gasteiger charge is 2.44. The molecule has 0 radical (unpaired) electrons. The lowest BCUT2D eigenvalue weighted by atomic mass is 9.76. The van der Waals surface area contributed by atoms with Crippen molar-refractivity contribution in [3.63, 3.8) is 0 Å². The van der Waals surface area contributed by atoms with Crippen LogP contribution in [-0.4, -0.2) is 67.1 Å². The van der Waals surface area contributed by atoms with Crippen LogP contribution in [0.4, 0.5) is 4.39 Å². The molecule has 2 saturated heterocycles. The fourth-order valence-corrected chi connectivity index (χ4v) is 4.02. The molecule has 3 heterocycles. The largest absolute Gasteiger partial charge is 0.383 e. The van der Waals surface area contributed by atoms with E-state index in [2.05, 4.69) is 16.9 Å². The first-order valence-electron chi connectivity index (χ1n) is 8.13. The van der Waals surface area contributed by atoms with E-state index in [4.69, 9.17) is 4.74 Å². The van der Waals surface area contributed by atoms with Crippen molar-refractivity contribution in [2.75, 3.05) is 40.4 Å². The van der Waals surface area contributed by atoms with Gasteiger partial charge in [0, 0.05) is 50.6 Å². The maximum absolute atomic E-state index is 13.2. The average Bonchev–Trinajstić information content (AvgIpc) is 2.83. The van der Waals surface area contributed by atoms with Gasteiger partial charge in [0.25, 0.3) is 5.91 Å². The molecule has 2 fully saturated rings. The van der Waals surface area contributed by atoms with Crippen molar-refractivity contribution < 1.29 is 13.9 Å². The predicted molar refractivity (Wildman–Crippen MR) is 84.7 cm³/mol. The van der Waals surface area contributed by atoms with E-state index >= 15 is 0 Å². The molecule has 3 rings (SSSR count). The number of methoxy groups -OCH3 is 1. The van der Waals surface area contributed by atoms with Crippen molar-refractivity contribution in [3.05, 3.63) is 29.8 Å². The molecule has 23 heavy (non-hydrogen) atoms. The Balaban J connectivity index is 1.61. The third-order valence-electron chi connectivity index (χ3n) is 5.32. The maximum Gasteiger partial charge on any atom is 0.254 e. The first-order valence-corrected chi connectivity index (χ1v) is 8.13. The van der Waals surface area contributed by atoms with Crippen molar-refractivity contribution >= 4 is 5.91 Å². The number of amides is 1. The molecule has 2 aliphatic rings. The number of piperidine rings is 1. The van der Waals surface area contributed by atoms with Crippen LogP contribution in [0, 0.1) is 11.4 Å². The van der Waals surface area contributed by atoms with Crippen LogP contribution in [0.3, 0.4) is 0 Å². The summed E-state index contributed by atoms with van der Waals surface area (Å²) in [5.41, 5.74) is 0.673. The summed E-state index contributed by atoms with van der Waals surface area (Å²) < 4.78 is 18.5. The van der Waals surface area contributed by atoms with Crippen LogP contribution in [0.25, 0.3) is 0 Å². The van der Waals surface area contributed by atoms with Crippen molar-refractivity contribution in [2.45, 2.75) is 25.3 Å². The van der Waals surface area contributed by atoms with Gasteiger partial charge < -0.3 is 14.5 Å². The highest BCUT2D eigenvalue weighted by molar-refractivity contribution is 5.94. The first-order chi connectivity index (χ1) is 11.0. The number of hydrogen-bond donors (Lipinski definition) is 0. The normalized spacial score (nSPS) is 24.3. The lowest BCUT2D eigenvalue weighted by Gasteiger charge is -2.39. The molecule has 0 saturated carbocycles. The second-order valence-electron chi connectivity index (χ2n) is 6.89. The van der Waals surface area contributed by atoms with Crippen molar-refractivity contribution in [2.24, 2.45) is 5.41 Å². The number of pyridine rings is 1. The summed E-state index contributed by atoms with van der Waals surface area (Å²) in [7, 11) is 3.89. The molecule has 1 atom stereocenters. The average molecular weight is 321 g/mol. The van der Waals surface area contributed by atoms with E-state index in [1.54, 1.807) is 13.2 Å². The highest BCUT2D eigenvalue weighted by Crippen LogP contribution is 2.42. The van der Waals surface area contributed by atoms with E-state index in [1.807, 2.05) is 4.90 Å². The number of likely N-dealkylation sites (tertiary alicyclic amines) is 2. The van der Waals surface area contributed by atoms with E-state index in [0.717, 1.165) is 45.5 Å². The smallest absolute Gasteiger partial charge is 0.254 e. The number of hydrogen-bond acceptors (Lipinski definition) is 4. The van der Waals surface area contributed by atoms with Crippen molar-refractivity contribution in [1.29, 1.82) is 0 Å². The SMILES string of the molecule is COC[C@@H]1CC2(CCN(C(=O)c3ccnc(F)c3)CC2)CN1C. The number of halogens is 1. The van der Waals surface area contributed by atoms with Gasteiger partial charge in [0.2, 0.25) is 5.95 Å². The number of aromatic nitrogens is 1. The Morgan fingerprint density at radius 1 is 1.48 bits per heavy atom. The van der Waals surface area contributed by atoms with Crippen molar-refractivity contribution in [1.82, 2.24) is 14.8 Å². The topological polar surface area (TPSA) is 45.7 Å². The minimum atomic E-state index is -0.607. The van der Waals surface area contributed by atoms with E-state index in [1.165, 1.54) is 12.3 Å². The third-order valence-corrected chi connectivity index (χ3v) is 5.32. The van der Waals surface area contributed by atoms with Crippen LogP contribution in [0.1, 0.15) is 29.6 Å². The Bertz CT molecular complexity index is 573. The van der Waals surface area contributed by atoms with E-state index in [0.29, 0.717) is 11.6 Å². The Hall–Kier alpha value is -1.53. The number of rotatable bonds is 3. The molecule has 6 heteroatoms. The lowest BCUT2D eigenvalue weighted by molar-refractivity contribution is 0.0591. The van der Waals surface area contributed by atoms with E-state index < -0.39 is 5.95 Å². The predicted octanol–water partition coefficient (Wildman–Crippen LogP) is 1.79. The minimum absolute atomic E-state index is 0.0963. The lowest BCUT2D eigenvalue weighted by Crippen LogP contribution is -2.44. The van der Waals surface area contributed by atoms with Gasteiger partial charge in [0.15, 0.2) is 0 Å². The van der Waals surface area contributed by atoms with Crippen LogP contribution in [0.15, 0.2) is 18.3 Å². The van der Waals surface area contributed by atoms with E-state index in [9.17, 15) is 9.18 Å². The summed E-state index contributed by atoms with van der Waals surface area (Å²) in [6, 6.07) is 3.26. The van der Waals surface area contributed by atoms with Crippen LogP contribution in [0.2, 0.25) is 0 Å². The molecular formula is C17H24FN3O2. The minimum Gasteiger partial charge on any atom is -0.383 e. The molecule has 2 aliphatic heterocycles. The van der Waals surface area contributed by atoms with Gasteiger partial charge in [-0.15, -0.1) is 0 Å². The molecule has 126 valence electrons. The van der Waals surface area contributed by atoms with Crippen LogP contribution < -0.4 is 0 Å². The Labute approximate surface area is 136 Å². The van der Waals surface area contributed by atoms with Gasteiger partial charge in [-0.05, 0) is 37.8 Å². The molecule has 1 aromatic rings. The monoisotopic (exact) mass is 321 g/mol. The summed E-state index contributed by atoms with van der Waals surface area (Å²) >= 11 is 0. The summed E-state index contributed by atoms with van der Waals surface area (Å²) in [6.07, 6.45) is 4.46. The van der Waals surface area contributed by atoms with Crippen molar-refractivity contribution in [3.8, 4) is 0 Å². The van der Waals surface area contributed by atoms with Gasteiger partial charge in [0.1, 0.15) is 0 Å². The highest BCUT2D eigenvalue weighted by atomic mass is 19.1. The summed E-state index contributed by atoms with van der Waals surface area (Å²) in [4.78, 5) is 20.2. The summed E-state index contributed by atoms with van der Waals surface area (Å²) in [5.74, 6) is -0.704. The summed E-state index contributed by atoms with van der Waals surface area (Å²) in [6.45, 7) is 3.29. The number of ether oxygens (including phenoxy) is 1. The zero-order valence-corrected chi connectivity index (χ0v) is 13.8. The van der Waals surface area contributed by atoms with Crippen LogP contribution in [0.5, 0.6) is 0 Å². The van der Waals surface area contributed by atoms with Gasteiger partial charge in [-0.25, -0.2) is 4.98 Å². The molecule has 1 amide bonds. The zero-order chi connectivity index (χ0) is 16.4. The Morgan fingerprint density at radius 2 is 2.22 bits per heavy atom. The second kappa shape index (κ2) is 6.53. The molecule has 1 spiro atoms.